The topological polar surface area (TPSA) is 73.9 Å². The second kappa shape index (κ2) is 9.62. The summed E-state index contributed by atoms with van der Waals surface area (Å²) in [6.07, 6.45) is -0.924. The molecule has 2 rings (SSSR count). The lowest BCUT2D eigenvalue weighted by atomic mass is 10.1. The molecule has 1 amide bonds. The molecule has 27 heavy (non-hydrogen) atoms. The number of rotatable bonds is 8. The fourth-order valence-electron chi connectivity index (χ4n) is 2.47. The van der Waals surface area contributed by atoms with Crippen LogP contribution in [-0.2, 0) is 14.3 Å². The number of esters is 1. The minimum Gasteiger partial charge on any atom is -0.493 e. The third-order valence-electron chi connectivity index (χ3n) is 4.00. The summed E-state index contributed by atoms with van der Waals surface area (Å²) < 4.78 is 15.8. The number of hydrogen-bond donors (Lipinski definition) is 1. The molecule has 0 spiro atoms. The van der Waals surface area contributed by atoms with E-state index in [9.17, 15) is 9.59 Å². The fraction of sp³-hybridized carbons (Fsp3) is 0.333. The van der Waals surface area contributed by atoms with E-state index >= 15 is 0 Å². The molecule has 6 nitrogen and oxygen atoms in total. The SMILES string of the molecule is COc1cc(C)ccc1OCC(=O)OC(C)C(=O)NC(C)c1ccccc1. The van der Waals surface area contributed by atoms with Crippen molar-refractivity contribution in [2.75, 3.05) is 13.7 Å². The van der Waals surface area contributed by atoms with Crippen molar-refractivity contribution in [3.63, 3.8) is 0 Å². The second-order valence-corrected chi connectivity index (χ2v) is 6.22. The van der Waals surface area contributed by atoms with Gasteiger partial charge in [0, 0.05) is 0 Å². The molecule has 0 saturated carbocycles. The van der Waals surface area contributed by atoms with Crippen LogP contribution in [0.4, 0.5) is 0 Å². The minimum atomic E-state index is -0.924. The molecule has 2 unspecified atom stereocenters. The van der Waals surface area contributed by atoms with Crippen LogP contribution in [0.25, 0.3) is 0 Å². The van der Waals surface area contributed by atoms with Crippen molar-refractivity contribution < 1.29 is 23.8 Å². The Bertz CT molecular complexity index is 775. The van der Waals surface area contributed by atoms with Crippen LogP contribution in [0.5, 0.6) is 11.5 Å². The first-order chi connectivity index (χ1) is 12.9. The third kappa shape index (κ3) is 6.02. The number of aryl methyl sites for hydroxylation is 1. The zero-order valence-corrected chi connectivity index (χ0v) is 16.0. The Morgan fingerprint density at radius 2 is 1.74 bits per heavy atom. The molecule has 2 aromatic carbocycles. The van der Waals surface area contributed by atoms with E-state index in [0.29, 0.717) is 11.5 Å². The largest absolute Gasteiger partial charge is 0.493 e. The van der Waals surface area contributed by atoms with Crippen LogP contribution >= 0.6 is 0 Å². The highest BCUT2D eigenvalue weighted by molar-refractivity contribution is 5.84. The van der Waals surface area contributed by atoms with Gasteiger partial charge in [-0.1, -0.05) is 36.4 Å². The summed E-state index contributed by atoms with van der Waals surface area (Å²) in [6.45, 7) is 5.01. The molecule has 2 aromatic rings. The summed E-state index contributed by atoms with van der Waals surface area (Å²) in [5.74, 6) is -0.0274. The summed E-state index contributed by atoms with van der Waals surface area (Å²) in [7, 11) is 1.53. The van der Waals surface area contributed by atoms with Gasteiger partial charge < -0.3 is 19.5 Å². The lowest BCUT2D eigenvalue weighted by Gasteiger charge is -2.18. The standard InChI is InChI=1S/C21H25NO5/c1-14-10-11-18(19(12-14)25-4)26-13-20(23)27-16(3)21(24)22-15(2)17-8-6-5-7-9-17/h5-12,15-16H,13H2,1-4H3,(H,22,24). The molecule has 0 aliphatic rings. The molecule has 0 fully saturated rings. The van der Waals surface area contributed by atoms with Gasteiger partial charge in [-0.3, -0.25) is 4.79 Å². The van der Waals surface area contributed by atoms with Crippen molar-refractivity contribution in [1.29, 1.82) is 0 Å². The van der Waals surface area contributed by atoms with Gasteiger partial charge in [-0.15, -0.1) is 0 Å². The van der Waals surface area contributed by atoms with Crippen molar-refractivity contribution in [2.45, 2.75) is 32.9 Å². The Labute approximate surface area is 159 Å². The van der Waals surface area contributed by atoms with E-state index in [2.05, 4.69) is 5.32 Å². The van der Waals surface area contributed by atoms with E-state index in [1.54, 1.807) is 6.07 Å². The van der Waals surface area contributed by atoms with Gasteiger partial charge in [0.05, 0.1) is 13.2 Å². The van der Waals surface area contributed by atoms with Crippen LogP contribution < -0.4 is 14.8 Å². The summed E-state index contributed by atoms with van der Waals surface area (Å²) in [5, 5.41) is 2.82. The van der Waals surface area contributed by atoms with E-state index in [1.165, 1.54) is 14.0 Å². The molecule has 144 valence electrons. The number of benzene rings is 2. The fourth-order valence-corrected chi connectivity index (χ4v) is 2.47. The van der Waals surface area contributed by atoms with Gasteiger partial charge >= 0.3 is 5.97 Å². The van der Waals surface area contributed by atoms with Gasteiger partial charge in [0.25, 0.3) is 5.91 Å². The number of carbonyl (C=O) groups excluding carboxylic acids is 2. The smallest absolute Gasteiger partial charge is 0.344 e. The molecule has 0 heterocycles. The number of ether oxygens (including phenoxy) is 3. The van der Waals surface area contributed by atoms with E-state index in [4.69, 9.17) is 14.2 Å². The Balaban J connectivity index is 1.83. The Hall–Kier alpha value is -3.02. The Morgan fingerprint density at radius 3 is 2.41 bits per heavy atom. The number of nitrogens with one attached hydrogen (secondary N) is 1. The first-order valence-electron chi connectivity index (χ1n) is 8.73. The highest BCUT2D eigenvalue weighted by Crippen LogP contribution is 2.27. The maximum absolute atomic E-state index is 12.2. The van der Waals surface area contributed by atoms with Crippen LogP contribution in [0.2, 0.25) is 0 Å². The molecule has 0 saturated heterocycles. The van der Waals surface area contributed by atoms with E-state index < -0.39 is 12.1 Å². The highest BCUT2D eigenvalue weighted by atomic mass is 16.6. The van der Waals surface area contributed by atoms with E-state index in [-0.39, 0.29) is 18.6 Å². The summed E-state index contributed by atoms with van der Waals surface area (Å²) in [4.78, 5) is 24.2. The normalized spacial score (nSPS) is 12.6. The molecular weight excluding hydrogens is 346 g/mol. The van der Waals surface area contributed by atoms with Gasteiger partial charge in [-0.2, -0.15) is 0 Å². The first-order valence-corrected chi connectivity index (χ1v) is 8.73. The molecule has 0 radical (unpaired) electrons. The van der Waals surface area contributed by atoms with Crippen LogP contribution in [0.1, 0.15) is 31.0 Å². The summed E-state index contributed by atoms with van der Waals surface area (Å²) in [5.41, 5.74) is 1.98. The van der Waals surface area contributed by atoms with E-state index in [1.807, 2.05) is 56.3 Å². The maximum atomic E-state index is 12.2. The van der Waals surface area contributed by atoms with Gasteiger partial charge in [0.15, 0.2) is 24.2 Å². The number of amides is 1. The Kier molecular flexibility index (Phi) is 7.23. The van der Waals surface area contributed by atoms with Gasteiger partial charge in [-0.25, -0.2) is 4.79 Å². The van der Waals surface area contributed by atoms with Crippen molar-refractivity contribution in [1.82, 2.24) is 5.32 Å². The molecule has 6 heteroatoms. The van der Waals surface area contributed by atoms with Gasteiger partial charge in [-0.05, 0) is 44.0 Å². The molecule has 2 atom stereocenters. The van der Waals surface area contributed by atoms with Crippen molar-refractivity contribution >= 4 is 11.9 Å². The number of carbonyl (C=O) groups is 2. The van der Waals surface area contributed by atoms with Crippen LogP contribution in [-0.4, -0.2) is 31.7 Å². The zero-order chi connectivity index (χ0) is 19.8. The lowest BCUT2D eigenvalue weighted by Crippen LogP contribution is -2.38. The van der Waals surface area contributed by atoms with Crippen LogP contribution in [0.3, 0.4) is 0 Å². The number of hydrogen-bond acceptors (Lipinski definition) is 5. The predicted molar refractivity (Wildman–Crippen MR) is 102 cm³/mol. The summed E-state index contributed by atoms with van der Waals surface area (Å²) >= 11 is 0. The monoisotopic (exact) mass is 371 g/mol. The lowest BCUT2D eigenvalue weighted by molar-refractivity contribution is -0.156. The zero-order valence-electron chi connectivity index (χ0n) is 16.0. The average molecular weight is 371 g/mol. The van der Waals surface area contributed by atoms with E-state index in [0.717, 1.165) is 11.1 Å². The molecule has 0 aliphatic carbocycles. The quantitative estimate of drug-likeness (QED) is 0.722. The molecule has 1 N–H and O–H groups in total. The minimum absolute atomic E-state index is 0.187. The summed E-state index contributed by atoms with van der Waals surface area (Å²) in [6, 6.07) is 14.7. The van der Waals surface area contributed by atoms with Crippen LogP contribution in [0, 0.1) is 6.92 Å². The third-order valence-corrected chi connectivity index (χ3v) is 4.00. The van der Waals surface area contributed by atoms with Crippen molar-refractivity contribution in [2.24, 2.45) is 0 Å². The molecule has 0 bridgehead atoms. The van der Waals surface area contributed by atoms with Crippen molar-refractivity contribution in [3.8, 4) is 11.5 Å². The molecular formula is C21H25NO5. The average Bonchev–Trinajstić information content (AvgIpc) is 2.67. The molecule has 0 aliphatic heterocycles. The number of methoxy groups -OCH3 is 1. The second-order valence-electron chi connectivity index (χ2n) is 6.22. The van der Waals surface area contributed by atoms with Gasteiger partial charge in [0.1, 0.15) is 0 Å². The van der Waals surface area contributed by atoms with Crippen LogP contribution in [0.15, 0.2) is 48.5 Å². The maximum Gasteiger partial charge on any atom is 0.344 e. The predicted octanol–water partition coefficient (Wildman–Crippen LogP) is 3.19. The van der Waals surface area contributed by atoms with Crippen molar-refractivity contribution in [3.05, 3.63) is 59.7 Å². The first kappa shape index (κ1) is 20.3. The van der Waals surface area contributed by atoms with Gasteiger partial charge in [0.2, 0.25) is 0 Å². The highest BCUT2D eigenvalue weighted by Gasteiger charge is 2.20. The Morgan fingerprint density at radius 1 is 1.04 bits per heavy atom. The molecule has 0 aromatic heterocycles.